The second-order valence-electron chi connectivity index (χ2n) is 6.88. The molecule has 3 aromatic heterocycles. The number of anilines is 3. The highest BCUT2D eigenvalue weighted by molar-refractivity contribution is 7.91. The van der Waals surface area contributed by atoms with E-state index < -0.39 is 10.0 Å². The number of nitrogens with one attached hydrogen (secondary N) is 1. The van der Waals surface area contributed by atoms with E-state index in [0.29, 0.717) is 42.0 Å². The van der Waals surface area contributed by atoms with Gasteiger partial charge in [0.15, 0.2) is 11.6 Å². The summed E-state index contributed by atoms with van der Waals surface area (Å²) in [4.78, 5) is 7.33. The fourth-order valence-electron chi connectivity index (χ4n) is 3.07. The van der Waals surface area contributed by atoms with Crippen LogP contribution >= 0.6 is 11.3 Å². The molecule has 1 aliphatic heterocycles. The van der Waals surface area contributed by atoms with E-state index in [1.807, 2.05) is 49.1 Å². The molecule has 1 saturated heterocycles. The Morgan fingerprint density at radius 2 is 1.69 bits per heavy atom. The van der Waals surface area contributed by atoms with Gasteiger partial charge in [-0.25, -0.2) is 13.4 Å². The summed E-state index contributed by atoms with van der Waals surface area (Å²) in [5, 5.41) is 11.6. The molecule has 0 saturated carbocycles. The van der Waals surface area contributed by atoms with Gasteiger partial charge in [0.2, 0.25) is 0 Å². The van der Waals surface area contributed by atoms with Crippen molar-refractivity contribution in [1.29, 1.82) is 0 Å². The minimum atomic E-state index is -3.42. The van der Waals surface area contributed by atoms with Crippen molar-refractivity contribution in [3.05, 3.63) is 53.0 Å². The molecule has 4 rings (SSSR count). The average Bonchev–Trinajstić information content (AvgIpc) is 3.18. The van der Waals surface area contributed by atoms with E-state index in [2.05, 4.69) is 20.5 Å². The first-order chi connectivity index (χ1) is 13.9. The second kappa shape index (κ2) is 8.05. The SMILES string of the molecule is Cc1ccc(Nc2ccc(N3CCN(S(=O)(=O)c4ccc(C)s4)CC3)nn2)nc1. The lowest BCUT2D eigenvalue weighted by molar-refractivity contribution is 0.384. The molecule has 10 heteroatoms. The van der Waals surface area contributed by atoms with Crippen LogP contribution < -0.4 is 10.2 Å². The predicted molar refractivity (Wildman–Crippen MR) is 114 cm³/mol. The van der Waals surface area contributed by atoms with Gasteiger partial charge in [0, 0.05) is 37.3 Å². The van der Waals surface area contributed by atoms with Crippen LogP contribution in [0.4, 0.5) is 17.5 Å². The van der Waals surface area contributed by atoms with Gasteiger partial charge in [-0.15, -0.1) is 21.5 Å². The maximum atomic E-state index is 12.8. The van der Waals surface area contributed by atoms with Crippen LogP contribution in [0.3, 0.4) is 0 Å². The number of hydrogen-bond acceptors (Lipinski definition) is 8. The van der Waals surface area contributed by atoms with Crippen molar-refractivity contribution in [3.8, 4) is 0 Å². The summed E-state index contributed by atoms with van der Waals surface area (Å²) in [6, 6.07) is 11.1. The molecule has 0 unspecified atom stereocenters. The number of nitrogens with zero attached hydrogens (tertiary/aromatic N) is 5. The molecular weight excluding hydrogens is 408 g/mol. The average molecular weight is 431 g/mol. The lowest BCUT2D eigenvalue weighted by atomic mass is 10.3. The van der Waals surface area contributed by atoms with E-state index in [0.717, 1.165) is 16.3 Å². The Balaban J connectivity index is 1.38. The third kappa shape index (κ3) is 4.39. The summed E-state index contributed by atoms with van der Waals surface area (Å²) in [6.07, 6.45) is 1.79. The van der Waals surface area contributed by atoms with E-state index in [9.17, 15) is 8.42 Å². The van der Waals surface area contributed by atoms with Crippen LogP contribution in [-0.4, -0.2) is 54.1 Å². The molecule has 4 heterocycles. The number of thiophene rings is 1. The smallest absolute Gasteiger partial charge is 0.252 e. The van der Waals surface area contributed by atoms with Crippen molar-refractivity contribution < 1.29 is 8.42 Å². The van der Waals surface area contributed by atoms with Crippen LogP contribution in [0.1, 0.15) is 10.4 Å². The van der Waals surface area contributed by atoms with Crippen LogP contribution in [0, 0.1) is 13.8 Å². The molecule has 0 aromatic carbocycles. The zero-order valence-corrected chi connectivity index (χ0v) is 17.9. The Bertz CT molecular complexity index is 1070. The number of sulfonamides is 1. The van der Waals surface area contributed by atoms with Gasteiger partial charge in [-0.3, -0.25) is 0 Å². The topological polar surface area (TPSA) is 91.3 Å². The summed E-state index contributed by atoms with van der Waals surface area (Å²) in [6.45, 7) is 5.89. The summed E-state index contributed by atoms with van der Waals surface area (Å²) >= 11 is 1.31. The van der Waals surface area contributed by atoms with Crippen LogP contribution in [0.5, 0.6) is 0 Å². The minimum absolute atomic E-state index is 0.406. The zero-order chi connectivity index (χ0) is 20.4. The molecule has 0 bridgehead atoms. The Labute approximate surface area is 174 Å². The predicted octanol–water partition coefficient (Wildman–Crippen LogP) is 2.80. The van der Waals surface area contributed by atoms with Gasteiger partial charge >= 0.3 is 0 Å². The molecule has 8 nitrogen and oxygen atoms in total. The molecule has 152 valence electrons. The Morgan fingerprint density at radius 1 is 0.931 bits per heavy atom. The van der Waals surface area contributed by atoms with Crippen LogP contribution in [-0.2, 0) is 10.0 Å². The monoisotopic (exact) mass is 430 g/mol. The first-order valence-corrected chi connectivity index (χ1v) is 11.5. The Hall–Kier alpha value is -2.56. The number of piperazine rings is 1. The van der Waals surface area contributed by atoms with Gasteiger partial charge in [0.05, 0.1) is 0 Å². The van der Waals surface area contributed by atoms with Crippen molar-refractivity contribution in [3.63, 3.8) is 0 Å². The molecule has 3 aromatic rings. The highest BCUT2D eigenvalue weighted by atomic mass is 32.2. The third-order valence-corrected chi connectivity index (χ3v) is 8.06. The quantitative estimate of drug-likeness (QED) is 0.665. The normalized spacial score (nSPS) is 15.4. The van der Waals surface area contributed by atoms with Crippen LogP contribution in [0.15, 0.2) is 46.8 Å². The highest BCUT2D eigenvalue weighted by Crippen LogP contribution is 2.26. The van der Waals surface area contributed by atoms with E-state index >= 15 is 0 Å². The van der Waals surface area contributed by atoms with Crippen molar-refractivity contribution in [1.82, 2.24) is 19.5 Å². The number of aryl methyl sites for hydroxylation is 2. The zero-order valence-electron chi connectivity index (χ0n) is 16.2. The standard InChI is InChI=1S/C19H22N6O2S2/c1-14-3-5-16(20-13-14)21-17-6-7-18(23-22-17)24-9-11-25(12-10-24)29(26,27)19-8-4-15(2)28-19/h3-8,13H,9-12H2,1-2H3,(H,20,21,22). The first kappa shape index (κ1) is 19.7. The Kier molecular flexibility index (Phi) is 5.48. The molecule has 29 heavy (non-hydrogen) atoms. The minimum Gasteiger partial charge on any atom is -0.352 e. The molecule has 0 amide bonds. The third-order valence-electron chi connectivity index (χ3n) is 4.69. The van der Waals surface area contributed by atoms with Gasteiger partial charge in [0.1, 0.15) is 10.0 Å². The molecule has 0 aliphatic carbocycles. The molecular formula is C19H22N6O2S2. The fourth-order valence-corrected chi connectivity index (χ4v) is 5.93. The second-order valence-corrected chi connectivity index (χ2v) is 10.3. The fraction of sp³-hybridized carbons (Fsp3) is 0.316. The van der Waals surface area contributed by atoms with E-state index in [4.69, 9.17) is 0 Å². The van der Waals surface area contributed by atoms with Gasteiger partial charge in [-0.1, -0.05) is 6.07 Å². The van der Waals surface area contributed by atoms with Crippen molar-refractivity contribution in [2.75, 3.05) is 36.4 Å². The Morgan fingerprint density at radius 3 is 2.28 bits per heavy atom. The number of hydrogen-bond donors (Lipinski definition) is 1. The van der Waals surface area contributed by atoms with Gasteiger partial charge in [-0.05, 0) is 49.7 Å². The summed E-state index contributed by atoms with van der Waals surface area (Å²) in [5.74, 6) is 2.05. The van der Waals surface area contributed by atoms with Gasteiger partial charge in [0.25, 0.3) is 10.0 Å². The summed E-state index contributed by atoms with van der Waals surface area (Å²) < 4.78 is 27.5. The number of pyridine rings is 1. The van der Waals surface area contributed by atoms with Crippen molar-refractivity contribution >= 4 is 38.8 Å². The molecule has 1 fully saturated rings. The molecule has 0 radical (unpaired) electrons. The lowest BCUT2D eigenvalue weighted by Gasteiger charge is -2.34. The van der Waals surface area contributed by atoms with Gasteiger partial charge in [-0.2, -0.15) is 4.31 Å². The van der Waals surface area contributed by atoms with Crippen molar-refractivity contribution in [2.24, 2.45) is 0 Å². The lowest BCUT2D eigenvalue weighted by Crippen LogP contribution is -2.48. The summed E-state index contributed by atoms with van der Waals surface area (Å²) in [7, 11) is -3.42. The highest BCUT2D eigenvalue weighted by Gasteiger charge is 2.30. The van der Waals surface area contributed by atoms with E-state index in [1.165, 1.54) is 11.3 Å². The maximum absolute atomic E-state index is 12.8. The molecule has 0 spiro atoms. The number of aromatic nitrogens is 3. The summed E-state index contributed by atoms with van der Waals surface area (Å²) in [5.41, 5.74) is 1.09. The van der Waals surface area contributed by atoms with E-state index in [1.54, 1.807) is 16.6 Å². The van der Waals surface area contributed by atoms with E-state index in [-0.39, 0.29) is 0 Å². The molecule has 1 aliphatic rings. The molecule has 1 N–H and O–H groups in total. The molecule has 0 atom stereocenters. The van der Waals surface area contributed by atoms with Crippen molar-refractivity contribution in [2.45, 2.75) is 18.1 Å². The van der Waals surface area contributed by atoms with Crippen LogP contribution in [0.25, 0.3) is 0 Å². The maximum Gasteiger partial charge on any atom is 0.252 e. The first-order valence-electron chi connectivity index (χ1n) is 9.27. The van der Waals surface area contributed by atoms with Gasteiger partial charge < -0.3 is 10.2 Å². The number of rotatable bonds is 5. The largest absolute Gasteiger partial charge is 0.352 e. The van der Waals surface area contributed by atoms with Crippen LogP contribution in [0.2, 0.25) is 0 Å².